The Bertz CT molecular complexity index is 820. The van der Waals surface area contributed by atoms with E-state index in [0.717, 1.165) is 29.9 Å². The zero-order chi connectivity index (χ0) is 15.8. The number of nitrogens with one attached hydrogen (secondary N) is 1. The molecule has 1 heterocycles. The van der Waals surface area contributed by atoms with Crippen molar-refractivity contribution in [3.8, 4) is 11.5 Å². The molecule has 0 radical (unpaired) electrons. The highest BCUT2D eigenvalue weighted by molar-refractivity contribution is 5.90. The Kier molecular flexibility index (Phi) is 3.58. The lowest BCUT2D eigenvalue weighted by Gasteiger charge is -2.28. The Labute approximate surface area is 136 Å². The molecule has 3 nitrogen and oxygen atoms in total. The molecule has 0 amide bonds. The van der Waals surface area contributed by atoms with Crippen molar-refractivity contribution >= 4 is 10.9 Å². The van der Waals surface area contributed by atoms with Crippen LogP contribution in [0.5, 0.6) is 11.5 Å². The molecule has 1 aliphatic rings. The predicted molar refractivity (Wildman–Crippen MR) is 94.3 cm³/mol. The third-order valence-electron chi connectivity index (χ3n) is 4.86. The molecule has 2 aromatic carbocycles. The van der Waals surface area contributed by atoms with Gasteiger partial charge in [0.15, 0.2) is 5.75 Å². The summed E-state index contributed by atoms with van der Waals surface area (Å²) in [6, 6.07) is 16.9. The van der Waals surface area contributed by atoms with Crippen LogP contribution < -0.4 is 4.74 Å². The highest BCUT2D eigenvalue weighted by Gasteiger charge is 2.24. The fourth-order valence-electron chi connectivity index (χ4n) is 3.54. The zero-order valence-corrected chi connectivity index (χ0v) is 13.7. The van der Waals surface area contributed by atoms with Crippen LogP contribution >= 0.6 is 0 Å². The fourth-order valence-corrected chi connectivity index (χ4v) is 3.54. The summed E-state index contributed by atoms with van der Waals surface area (Å²) in [6.45, 7) is 0. The second-order valence-corrected chi connectivity index (χ2v) is 6.54. The van der Waals surface area contributed by atoms with Gasteiger partial charge in [-0.1, -0.05) is 30.3 Å². The SMILES string of the molecule is CN(C)C1CCc2[nH]c3c(Oc4ccccc4)cccc3c2C1. The van der Waals surface area contributed by atoms with E-state index >= 15 is 0 Å². The van der Waals surface area contributed by atoms with E-state index in [1.54, 1.807) is 0 Å². The number of ether oxygens (including phenoxy) is 1. The van der Waals surface area contributed by atoms with Gasteiger partial charge in [-0.15, -0.1) is 0 Å². The van der Waals surface area contributed by atoms with E-state index in [1.807, 2.05) is 36.4 Å². The van der Waals surface area contributed by atoms with Crippen molar-refractivity contribution in [3.05, 3.63) is 59.8 Å². The molecule has 0 spiro atoms. The maximum atomic E-state index is 6.10. The van der Waals surface area contributed by atoms with Crippen LogP contribution in [0.15, 0.2) is 48.5 Å². The Morgan fingerprint density at radius 1 is 1.04 bits per heavy atom. The van der Waals surface area contributed by atoms with E-state index in [2.05, 4.69) is 36.1 Å². The molecular weight excluding hydrogens is 284 g/mol. The van der Waals surface area contributed by atoms with Gasteiger partial charge in [0.1, 0.15) is 5.75 Å². The first-order chi connectivity index (χ1) is 11.2. The molecule has 3 aromatic rings. The molecule has 118 valence electrons. The minimum absolute atomic E-state index is 0.625. The van der Waals surface area contributed by atoms with E-state index in [4.69, 9.17) is 4.74 Å². The first-order valence-electron chi connectivity index (χ1n) is 8.24. The second kappa shape index (κ2) is 5.74. The number of hydrogen-bond donors (Lipinski definition) is 1. The molecular formula is C20H22N2O. The number of hydrogen-bond acceptors (Lipinski definition) is 2. The average Bonchev–Trinajstić information content (AvgIpc) is 2.95. The van der Waals surface area contributed by atoms with Gasteiger partial charge in [-0.05, 0) is 57.1 Å². The van der Waals surface area contributed by atoms with Crippen molar-refractivity contribution in [1.29, 1.82) is 0 Å². The molecule has 4 rings (SSSR count). The molecule has 0 bridgehead atoms. The number of benzene rings is 2. The smallest absolute Gasteiger partial charge is 0.151 e. The van der Waals surface area contributed by atoms with Crippen LogP contribution in [0.25, 0.3) is 10.9 Å². The molecule has 0 fully saturated rings. The van der Waals surface area contributed by atoms with Gasteiger partial charge in [0.2, 0.25) is 0 Å². The number of aromatic nitrogens is 1. The fraction of sp³-hybridized carbons (Fsp3) is 0.300. The van der Waals surface area contributed by atoms with Gasteiger partial charge in [0.25, 0.3) is 0 Å². The van der Waals surface area contributed by atoms with Gasteiger partial charge >= 0.3 is 0 Å². The van der Waals surface area contributed by atoms with Crippen LogP contribution in [0, 0.1) is 0 Å². The van der Waals surface area contributed by atoms with Crippen LogP contribution in [-0.4, -0.2) is 30.0 Å². The topological polar surface area (TPSA) is 28.3 Å². The lowest BCUT2D eigenvalue weighted by atomic mass is 9.91. The van der Waals surface area contributed by atoms with E-state index < -0.39 is 0 Å². The summed E-state index contributed by atoms with van der Waals surface area (Å²) < 4.78 is 6.10. The molecule has 3 heteroatoms. The number of aryl methyl sites for hydroxylation is 1. The minimum atomic E-state index is 0.625. The largest absolute Gasteiger partial charge is 0.455 e. The maximum Gasteiger partial charge on any atom is 0.151 e. The lowest BCUT2D eigenvalue weighted by Crippen LogP contribution is -2.33. The summed E-state index contributed by atoms with van der Waals surface area (Å²) in [4.78, 5) is 5.96. The number of fused-ring (bicyclic) bond motifs is 3. The van der Waals surface area contributed by atoms with Crippen LogP contribution in [0.1, 0.15) is 17.7 Å². The molecule has 1 aliphatic carbocycles. The maximum absolute atomic E-state index is 6.10. The lowest BCUT2D eigenvalue weighted by molar-refractivity contribution is 0.268. The van der Waals surface area contributed by atoms with E-state index in [-0.39, 0.29) is 0 Å². The van der Waals surface area contributed by atoms with Gasteiger partial charge in [-0.3, -0.25) is 0 Å². The van der Waals surface area contributed by atoms with Crippen molar-refractivity contribution in [2.24, 2.45) is 0 Å². The molecule has 1 N–H and O–H groups in total. The summed E-state index contributed by atoms with van der Waals surface area (Å²) >= 11 is 0. The molecule has 0 saturated heterocycles. The van der Waals surface area contributed by atoms with Gasteiger partial charge in [-0.2, -0.15) is 0 Å². The molecule has 1 atom stereocenters. The van der Waals surface area contributed by atoms with Crippen LogP contribution in [0.2, 0.25) is 0 Å². The van der Waals surface area contributed by atoms with E-state index in [9.17, 15) is 0 Å². The molecule has 0 saturated carbocycles. The first-order valence-corrected chi connectivity index (χ1v) is 8.24. The van der Waals surface area contributed by atoms with E-state index in [1.165, 1.54) is 23.1 Å². The Hall–Kier alpha value is -2.26. The Morgan fingerprint density at radius 2 is 1.87 bits per heavy atom. The van der Waals surface area contributed by atoms with Crippen molar-refractivity contribution in [2.45, 2.75) is 25.3 Å². The number of likely N-dealkylation sites (N-methyl/N-ethyl adjacent to an activating group) is 1. The Balaban J connectivity index is 1.75. The van der Waals surface area contributed by atoms with E-state index in [0.29, 0.717) is 6.04 Å². The number of aromatic amines is 1. The first kappa shape index (κ1) is 14.3. The predicted octanol–water partition coefficient (Wildman–Crippen LogP) is 4.38. The van der Waals surface area contributed by atoms with Crippen LogP contribution in [0.3, 0.4) is 0 Å². The quantitative estimate of drug-likeness (QED) is 0.778. The van der Waals surface area contributed by atoms with Gasteiger partial charge < -0.3 is 14.6 Å². The third kappa shape index (κ3) is 2.62. The number of para-hydroxylation sites is 2. The number of rotatable bonds is 3. The van der Waals surface area contributed by atoms with Crippen molar-refractivity contribution in [1.82, 2.24) is 9.88 Å². The van der Waals surface area contributed by atoms with Gasteiger partial charge in [0.05, 0.1) is 5.52 Å². The average molecular weight is 306 g/mol. The summed E-state index contributed by atoms with van der Waals surface area (Å²) in [5.74, 6) is 1.78. The number of H-pyrrole nitrogens is 1. The molecule has 1 aromatic heterocycles. The summed E-state index contributed by atoms with van der Waals surface area (Å²) in [5, 5.41) is 1.31. The van der Waals surface area contributed by atoms with Crippen molar-refractivity contribution < 1.29 is 4.74 Å². The standard InChI is InChI=1S/C20H22N2O/c1-22(2)14-11-12-18-17(13-14)16-9-6-10-19(20(16)21-18)23-15-7-4-3-5-8-15/h3-10,14,21H,11-13H2,1-2H3. The number of nitrogens with zero attached hydrogens (tertiary/aromatic N) is 1. The normalized spacial score (nSPS) is 17.4. The minimum Gasteiger partial charge on any atom is -0.455 e. The van der Waals surface area contributed by atoms with Crippen LogP contribution in [0.4, 0.5) is 0 Å². The van der Waals surface area contributed by atoms with Gasteiger partial charge in [0, 0.05) is 17.1 Å². The summed E-state index contributed by atoms with van der Waals surface area (Å²) in [5.41, 5.74) is 3.96. The van der Waals surface area contributed by atoms with Crippen molar-refractivity contribution in [3.63, 3.8) is 0 Å². The summed E-state index contributed by atoms with van der Waals surface area (Å²) in [7, 11) is 4.35. The Morgan fingerprint density at radius 3 is 2.65 bits per heavy atom. The van der Waals surface area contributed by atoms with Crippen LogP contribution in [-0.2, 0) is 12.8 Å². The summed E-state index contributed by atoms with van der Waals surface area (Å²) in [6.07, 6.45) is 3.43. The highest BCUT2D eigenvalue weighted by Crippen LogP contribution is 2.36. The van der Waals surface area contributed by atoms with Crippen molar-refractivity contribution in [2.75, 3.05) is 14.1 Å². The zero-order valence-electron chi connectivity index (χ0n) is 13.7. The second-order valence-electron chi connectivity index (χ2n) is 6.54. The molecule has 23 heavy (non-hydrogen) atoms. The highest BCUT2D eigenvalue weighted by atomic mass is 16.5. The molecule has 1 unspecified atom stereocenters. The third-order valence-corrected chi connectivity index (χ3v) is 4.86. The monoisotopic (exact) mass is 306 g/mol. The van der Waals surface area contributed by atoms with Gasteiger partial charge in [-0.25, -0.2) is 0 Å². The molecule has 0 aliphatic heterocycles.